The van der Waals surface area contributed by atoms with Gasteiger partial charge in [0.2, 0.25) is 0 Å². The summed E-state index contributed by atoms with van der Waals surface area (Å²) in [7, 11) is 0. The Morgan fingerprint density at radius 3 is 3.21 bits per heavy atom. The molecule has 5 nitrogen and oxygen atoms in total. The summed E-state index contributed by atoms with van der Waals surface area (Å²) in [4.78, 5) is 15.2. The molecule has 0 aromatic carbocycles. The van der Waals surface area contributed by atoms with E-state index in [1.807, 2.05) is 0 Å². The minimum absolute atomic E-state index is 0.270. The van der Waals surface area contributed by atoms with Crippen LogP contribution in [0.4, 0.5) is 5.00 Å². The van der Waals surface area contributed by atoms with Crippen molar-refractivity contribution < 1.29 is 9.53 Å². The van der Waals surface area contributed by atoms with Gasteiger partial charge >= 0.3 is 5.97 Å². The molecule has 1 heterocycles. The second kappa shape index (κ2) is 5.43. The molecule has 0 bridgehead atoms. The molecular formula is C8H11N3O2S. The number of ether oxygens (including phenoxy) is 1. The van der Waals surface area contributed by atoms with Crippen molar-refractivity contribution in [2.75, 3.05) is 6.61 Å². The van der Waals surface area contributed by atoms with Gasteiger partial charge in [-0.3, -0.25) is 4.79 Å². The summed E-state index contributed by atoms with van der Waals surface area (Å²) >= 11 is 1.18. The number of carbonyl (C=O) groups is 1. The van der Waals surface area contributed by atoms with Gasteiger partial charge in [0.25, 0.3) is 0 Å². The Balaban J connectivity index is 2.47. The molecule has 0 radical (unpaired) electrons. The van der Waals surface area contributed by atoms with Crippen LogP contribution in [0.2, 0.25) is 0 Å². The van der Waals surface area contributed by atoms with Crippen LogP contribution >= 0.6 is 11.5 Å². The third-order valence-electron chi connectivity index (χ3n) is 1.43. The number of carbonyl (C=O) groups excluding carboxylic acids is 1. The molecule has 0 amide bonds. The standard InChI is InChI=1S/C8H11N3O2S/c1-3-13-8(12)6(2)4-9-7-5-10-11-14-7/h4-6H,3H2,1-2H3. The maximum Gasteiger partial charge on any atom is 0.314 e. The number of hydrogen-bond donors (Lipinski definition) is 0. The zero-order valence-corrected chi connectivity index (χ0v) is 8.82. The van der Waals surface area contributed by atoms with Crippen molar-refractivity contribution >= 4 is 28.7 Å². The van der Waals surface area contributed by atoms with Crippen molar-refractivity contribution in [1.29, 1.82) is 0 Å². The number of esters is 1. The summed E-state index contributed by atoms with van der Waals surface area (Å²) in [5.41, 5.74) is 0. The monoisotopic (exact) mass is 213 g/mol. The van der Waals surface area contributed by atoms with Crippen LogP contribution in [0.5, 0.6) is 0 Å². The fourth-order valence-corrected chi connectivity index (χ4v) is 1.12. The van der Waals surface area contributed by atoms with Crippen LogP contribution in [0.25, 0.3) is 0 Å². The predicted octanol–water partition coefficient (Wildman–Crippen LogP) is 1.44. The van der Waals surface area contributed by atoms with Crippen LogP contribution in [-0.4, -0.2) is 28.4 Å². The molecule has 0 aliphatic rings. The summed E-state index contributed by atoms with van der Waals surface area (Å²) in [6, 6.07) is 0. The minimum Gasteiger partial charge on any atom is -0.466 e. The topological polar surface area (TPSA) is 64.4 Å². The molecule has 1 rings (SSSR count). The smallest absolute Gasteiger partial charge is 0.314 e. The first-order chi connectivity index (χ1) is 6.74. The van der Waals surface area contributed by atoms with Crippen molar-refractivity contribution in [2.45, 2.75) is 13.8 Å². The Hall–Kier alpha value is -1.30. The lowest BCUT2D eigenvalue weighted by atomic mass is 10.2. The van der Waals surface area contributed by atoms with Crippen LogP contribution < -0.4 is 0 Å². The van der Waals surface area contributed by atoms with Crippen LogP contribution in [0.1, 0.15) is 13.8 Å². The zero-order valence-electron chi connectivity index (χ0n) is 8.01. The average molecular weight is 213 g/mol. The molecule has 0 spiro atoms. The van der Waals surface area contributed by atoms with Gasteiger partial charge in [0.05, 0.1) is 18.7 Å². The highest BCUT2D eigenvalue weighted by Crippen LogP contribution is 2.13. The van der Waals surface area contributed by atoms with Crippen molar-refractivity contribution in [3.8, 4) is 0 Å². The number of aromatic nitrogens is 2. The molecule has 76 valence electrons. The van der Waals surface area contributed by atoms with Gasteiger partial charge in [-0.25, -0.2) is 4.99 Å². The molecule has 0 N–H and O–H groups in total. The second-order valence-corrected chi connectivity index (χ2v) is 3.34. The summed E-state index contributed by atoms with van der Waals surface area (Å²) in [6.07, 6.45) is 3.08. The van der Waals surface area contributed by atoms with E-state index in [-0.39, 0.29) is 11.9 Å². The summed E-state index contributed by atoms with van der Waals surface area (Å²) in [6.45, 7) is 3.89. The third kappa shape index (κ3) is 3.21. The summed E-state index contributed by atoms with van der Waals surface area (Å²) < 4.78 is 8.46. The highest BCUT2D eigenvalue weighted by atomic mass is 32.1. The summed E-state index contributed by atoms with van der Waals surface area (Å²) in [5, 5.41) is 4.30. The Morgan fingerprint density at radius 2 is 2.64 bits per heavy atom. The van der Waals surface area contributed by atoms with Crippen molar-refractivity contribution in [3.63, 3.8) is 0 Å². The van der Waals surface area contributed by atoms with Crippen LogP contribution in [0.3, 0.4) is 0 Å². The Morgan fingerprint density at radius 1 is 1.86 bits per heavy atom. The fourth-order valence-electron chi connectivity index (χ4n) is 0.739. The maximum atomic E-state index is 11.2. The van der Waals surface area contributed by atoms with Crippen LogP contribution in [0, 0.1) is 5.92 Å². The lowest BCUT2D eigenvalue weighted by Gasteiger charge is -2.03. The first-order valence-electron chi connectivity index (χ1n) is 4.22. The maximum absolute atomic E-state index is 11.2. The van der Waals surface area contributed by atoms with Crippen LogP contribution in [-0.2, 0) is 9.53 Å². The van der Waals surface area contributed by atoms with Crippen LogP contribution in [0.15, 0.2) is 11.2 Å². The molecule has 0 saturated carbocycles. The van der Waals surface area contributed by atoms with Crippen molar-refractivity contribution in [2.24, 2.45) is 10.9 Å². The van der Waals surface area contributed by atoms with E-state index in [0.29, 0.717) is 11.6 Å². The quantitative estimate of drug-likeness (QED) is 0.560. The highest BCUT2D eigenvalue weighted by molar-refractivity contribution is 7.09. The number of hydrogen-bond acceptors (Lipinski definition) is 6. The van der Waals surface area contributed by atoms with Gasteiger partial charge in [-0.2, -0.15) is 0 Å². The molecule has 0 fully saturated rings. The van der Waals surface area contributed by atoms with E-state index in [9.17, 15) is 4.79 Å². The molecule has 14 heavy (non-hydrogen) atoms. The van der Waals surface area contributed by atoms with E-state index >= 15 is 0 Å². The molecule has 1 atom stereocenters. The third-order valence-corrected chi connectivity index (χ3v) is 2.01. The molecule has 1 aromatic rings. The molecule has 1 aromatic heterocycles. The fraction of sp³-hybridized carbons (Fsp3) is 0.500. The van der Waals surface area contributed by atoms with Gasteiger partial charge in [0.1, 0.15) is 0 Å². The van der Waals surface area contributed by atoms with E-state index in [2.05, 4.69) is 14.6 Å². The van der Waals surface area contributed by atoms with Gasteiger partial charge in [-0.1, -0.05) is 4.49 Å². The molecule has 1 unspecified atom stereocenters. The molecule has 0 aliphatic carbocycles. The summed E-state index contributed by atoms with van der Waals surface area (Å²) in [5.74, 6) is -0.606. The Kier molecular flexibility index (Phi) is 4.18. The highest BCUT2D eigenvalue weighted by Gasteiger charge is 2.10. The van der Waals surface area contributed by atoms with Gasteiger partial charge in [0.15, 0.2) is 5.00 Å². The first-order valence-corrected chi connectivity index (χ1v) is 4.99. The molecule has 6 heteroatoms. The normalized spacial score (nSPS) is 13.0. The SMILES string of the molecule is CCOC(=O)C(C)C=Nc1cnns1. The average Bonchev–Trinajstić information content (AvgIpc) is 2.67. The number of rotatable bonds is 4. The van der Waals surface area contributed by atoms with Gasteiger partial charge in [-0.15, -0.1) is 5.10 Å². The minimum atomic E-state index is -0.336. The van der Waals surface area contributed by atoms with E-state index < -0.39 is 0 Å². The molecule has 0 aliphatic heterocycles. The largest absolute Gasteiger partial charge is 0.466 e. The molecule has 0 saturated heterocycles. The van der Waals surface area contributed by atoms with Crippen molar-refractivity contribution in [3.05, 3.63) is 6.20 Å². The first kappa shape index (κ1) is 10.8. The van der Waals surface area contributed by atoms with E-state index in [1.165, 1.54) is 17.7 Å². The number of aliphatic imine (C=N–C) groups is 1. The van der Waals surface area contributed by atoms with Gasteiger partial charge in [-0.05, 0) is 13.8 Å². The van der Waals surface area contributed by atoms with E-state index in [0.717, 1.165) is 0 Å². The van der Waals surface area contributed by atoms with E-state index in [1.54, 1.807) is 20.0 Å². The van der Waals surface area contributed by atoms with Gasteiger partial charge < -0.3 is 4.74 Å². The lowest BCUT2D eigenvalue weighted by molar-refractivity contribution is -0.144. The molecular weight excluding hydrogens is 202 g/mol. The van der Waals surface area contributed by atoms with Gasteiger partial charge in [0, 0.05) is 17.7 Å². The zero-order chi connectivity index (χ0) is 10.4. The Labute approximate surface area is 86.0 Å². The Bertz CT molecular complexity index is 310. The second-order valence-electron chi connectivity index (χ2n) is 2.57. The lowest BCUT2D eigenvalue weighted by Crippen LogP contribution is -2.15. The predicted molar refractivity (Wildman–Crippen MR) is 53.9 cm³/mol. The van der Waals surface area contributed by atoms with E-state index in [4.69, 9.17) is 4.74 Å². The number of nitrogens with zero attached hydrogens (tertiary/aromatic N) is 3. The van der Waals surface area contributed by atoms with Crippen molar-refractivity contribution in [1.82, 2.24) is 9.59 Å².